The summed E-state index contributed by atoms with van der Waals surface area (Å²) in [5.41, 5.74) is 6.02. The van der Waals surface area contributed by atoms with Crippen LogP contribution in [-0.2, 0) is 9.53 Å². The first-order valence-electron chi connectivity index (χ1n) is 7.03. The number of hydrogen-bond acceptors (Lipinski definition) is 4. The molecular formula is C15H20ClN3O3. The summed E-state index contributed by atoms with van der Waals surface area (Å²) in [5.74, 6) is -0.504. The van der Waals surface area contributed by atoms with E-state index in [0.717, 1.165) is 0 Å². The van der Waals surface area contributed by atoms with Crippen molar-refractivity contribution in [2.24, 2.45) is 5.73 Å². The molecule has 0 aliphatic carbocycles. The lowest BCUT2D eigenvalue weighted by molar-refractivity contribution is -0.124. The summed E-state index contributed by atoms with van der Waals surface area (Å²) in [6, 6.07) is 4.79. The van der Waals surface area contributed by atoms with Crippen molar-refractivity contribution in [1.82, 2.24) is 4.90 Å². The van der Waals surface area contributed by atoms with Gasteiger partial charge in [0.15, 0.2) is 0 Å². The molecule has 22 heavy (non-hydrogen) atoms. The number of nitrogens with zero attached hydrogens (tertiary/aromatic N) is 1. The van der Waals surface area contributed by atoms with E-state index < -0.39 is 5.54 Å². The van der Waals surface area contributed by atoms with Crippen LogP contribution >= 0.6 is 11.6 Å². The van der Waals surface area contributed by atoms with Crippen molar-refractivity contribution >= 4 is 29.1 Å². The Balaban J connectivity index is 2.18. The molecule has 120 valence electrons. The van der Waals surface area contributed by atoms with E-state index in [1.807, 2.05) is 0 Å². The molecule has 0 spiro atoms. The van der Waals surface area contributed by atoms with Gasteiger partial charge in [0.05, 0.1) is 10.6 Å². The summed E-state index contributed by atoms with van der Waals surface area (Å²) in [6.07, 6.45) is 0.936. The third-order valence-electron chi connectivity index (χ3n) is 3.70. The van der Waals surface area contributed by atoms with E-state index in [0.29, 0.717) is 42.3 Å². The van der Waals surface area contributed by atoms with Crippen LogP contribution in [0.3, 0.4) is 0 Å². The highest BCUT2D eigenvalue weighted by atomic mass is 35.5. The second-order valence-electron chi connectivity index (χ2n) is 5.62. The van der Waals surface area contributed by atoms with Crippen molar-refractivity contribution in [1.29, 1.82) is 0 Å². The minimum atomic E-state index is -0.941. The van der Waals surface area contributed by atoms with Crippen molar-refractivity contribution < 1.29 is 14.3 Å². The molecule has 0 saturated carbocycles. The first-order chi connectivity index (χ1) is 10.3. The van der Waals surface area contributed by atoms with E-state index in [2.05, 4.69) is 5.32 Å². The normalized spacial score (nSPS) is 16.9. The monoisotopic (exact) mass is 325 g/mol. The fourth-order valence-corrected chi connectivity index (χ4v) is 2.42. The molecule has 0 unspecified atom stereocenters. The molecule has 1 aromatic rings. The first kappa shape index (κ1) is 16.7. The van der Waals surface area contributed by atoms with Gasteiger partial charge in [-0.25, -0.2) is 0 Å². The topological polar surface area (TPSA) is 84.7 Å². The van der Waals surface area contributed by atoms with Crippen LogP contribution in [0.4, 0.5) is 5.69 Å². The molecule has 2 rings (SSSR count). The smallest absolute Gasteiger partial charge is 0.254 e. The van der Waals surface area contributed by atoms with Gasteiger partial charge in [-0.3, -0.25) is 9.59 Å². The summed E-state index contributed by atoms with van der Waals surface area (Å²) in [7, 11) is 3.28. The Hall–Kier alpha value is -1.63. The fourth-order valence-electron chi connectivity index (χ4n) is 2.23. The number of carbonyl (C=O) groups excluding carboxylic acids is 2. The van der Waals surface area contributed by atoms with E-state index >= 15 is 0 Å². The average molecular weight is 326 g/mol. The molecule has 0 atom stereocenters. The third kappa shape index (κ3) is 3.58. The zero-order valence-electron chi connectivity index (χ0n) is 12.7. The summed E-state index contributed by atoms with van der Waals surface area (Å²) in [5, 5.41) is 3.10. The van der Waals surface area contributed by atoms with Crippen LogP contribution in [0.5, 0.6) is 0 Å². The molecule has 1 aliphatic heterocycles. The second kappa shape index (κ2) is 6.64. The summed E-state index contributed by atoms with van der Waals surface area (Å²) in [6.45, 7) is 0.934. The second-order valence-corrected chi connectivity index (χ2v) is 6.02. The van der Waals surface area contributed by atoms with Crippen molar-refractivity contribution in [3.05, 3.63) is 28.8 Å². The molecule has 0 radical (unpaired) electrons. The molecule has 1 saturated heterocycles. The van der Waals surface area contributed by atoms with Crippen LogP contribution < -0.4 is 11.1 Å². The van der Waals surface area contributed by atoms with Gasteiger partial charge in [-0.2, -0.15) is 0 Å². The SMILES string of the molecule is CN(C)C(=O)c1cc(NC(=O)C2(N)CCOCC2)ccc1Cl. The molecule has 1 aliphatic rings. The van der Waals surface area contributed by atoms with Gasteiger partial charge in [0.1, 0.15) is 5.54 Å². The van der Waals surface area contributed by atoms with E-state index in [-0.39, 0.29) is 11.8 Å². The average Bonchev–Trinajstić information content (AvgIpc) is 2.49. The molecule has 1 fully saturated rings. The Bertz CT molecular complexity index is 583. The third-order valence-corrected chi connectivity index (χ3v) is 4.03. The number of carbonyl (C=O) groups is 2. The van der Waals surface area contributed by atoms with E-state index in [1.165, 1.54) is 4.90 Å². The van der Waals surface area contributed by atoms with E-state index in [9.17, 15) is 9.59 Å². The van der Waals surface area contributed by atoms with Gasteiger partial charge < -0.3 is 20.7 Å². The number of amides is 2. The van der Waals surface area contributed by atoms with Crippen molar-refractivity contribution in [2.45, 2.75) is 18.4 Å². The maximum absolute atomic E-state index is 12.4. The van der Waals surface area contributed by atoms with E-state index in [4.69, 9.17) is 22.1 Å². The highest BCUT2D eigenvalue weighted by Crippen LogP contribution is 2.24. The van der Waals surface area contributed by atoms with Crippen molar-refractivity contribution in [3.8, 4) is 0 Å². The molecule has 1 aromatic carbocycles. The number of benzene rings is 1. The first-order valence-corrected chi connectivity index (χ1v) is 7.40. The zero-order chi connectivity index (χ0) is 16.3. The number of halogens is 1. The number of nitrogens with one attached hydrogen (secondary N) is 1. The lowest BCUT2D eigenvalue weighted by Crippen LogP contribution is -2.54. The number of ether oxygens (including phenoxy) is 1. The fraction of sp³-hybridized carbons (Fsp3) is 0.467. The lowest BCUT2D eigenvalue weighted by Gasteiger charge is -2.31. The van der Waals surface area contributed by atoms with Gasteiger partial charge in [-0.05, 0) is 31.0 Å². The van der Waals surface area contributed by atoms with Crippen LogP contribution in [-0.4, -0.2) is 49.6 Å². The summed E-state index contributed by atoms with van der Waals surface area (Å²) in [4.78, 5) is 25.9. The Morgan fingerprint density at radius 2 is 1.95 bits per heavy atom. The van der Waals surface area contributed by atoms with Crippen LogP contribution in [0.25, 0.3) is 0 Å². The van der Waals surface area contributed by atoms with Gasteiger partial charge in [0.2, 0.25) is 5.91 Å². The van der Waals surface area contributed by atoms with Gasteiger partial charge in [0.25, 0.3) is 5.91 Å². The molecule has 1 heterocycles. The van der Waals surface area contributed by atoms with Crippen molar-refractivity contribution in [3.63, 3.8) is 0 Å². The molecular weight excluding hydrogens is 306 g/mol. The predicted molar refractivity (Wildman–Crippen MR) is 85.1 cm³/mol. The quantitative estimate of drug-likeness (QED) is 0.881. The Morgan fingerprint density at radius 1 is 1.32 bits per heavy atom. The molecule has 7 heteroatoms. The van der Waals surface area contributed by atoms with Gasteiger partial charge in [-0.15, -0.1) is 0 Å². The highest BCUT2D eigenvalue weighted by Gasteiger charge is 2.36. The maximum Gasteiger partial charge on any atom is 0.254 e. The van der Waals surface area contributed by atoms with Crippen LogP contribution in [0.1, 0.15) is 23.2 Å². The minimum Gasteiger partial charge on any atom is -0.381 e. The maximum atomic E-state index is 12.4. The summed E-state index contributed by atoms with van der Waals surface area (Å²) < 4.78 is 5.23. The van der Waals surface area contributed by atoms with Crippen LogP contribution in [0.15, 0.2) is 18.2 Å². The number of nitrogens with two attached hydrogens (primary N) is 1. The number of anilines is 1. The minimum absolute atomic E-state index is 0.227. The Morgan fingerprint density at radius 3 is 2.55 bits per heavy atom. The summed E-state index contributed by atoms with van der Waals surface area (Å²) >= 11 is 6.05. The number of hydrogen-bond donors (Lipinski definition) is 2. The van der Waals surface area contributed by atoms with Gasteiger partial charge in [-0.1, -0.05) is 11.6 Å². The van der Waals surface area contributed by atoms with Gasteiger partial charge in [0, 0.05) is 33.0 Å². The van der Waals surface area contributed by atoms with Crippen molar-refractivity contribution in [2.75, 3.05) is 32.6 Å². The van der Waals surface area contributed by atoms with E-state index in [1.54, 1.807) is 32.3 Å². The molecule has 6 nitrogen and oxygen atoms in total. The van der Waals surface area contributed by atoms with Crippen LogP contribution in [0.2, 0.25) is 5.02 Å². The standard InChI is InChI=1S/C15H20ClN3O3/c1-19(2)13(20)11-9-10(3-4-12(11)16)18-14(21)15(17)5-7-22-8-6-15/h3-4,9H,5-8,17H2,1-2H3,(H,18,21). The van der Waals surface area contributed by atoms with Crippen LogP contribution in [0, 0.1) is 0 Å². The Labute approximate surface area is 134 Å². The zero-order valence-corrected chi connectivity index (χ0v) is 13.4. The van der Waals surface area contributed by atoms with Gasteiger partial charge >= 0.3 is 0 Å². The largest absolute Gasteiger partial charge is 0.381 e. The molecule has 0 aromatic heterocycles. The molecule has 3 N–H and O–H groups in total. The highest BCUT2D eigenvalue weighted by molar-refractivity contribution is 6.34. The number of rotatable bonds is 3. The predicted octanol–water partition coefficient (Wildman–Crippen LogP) is 1.49. The lowest BCUT2D eigenvalue weighted by atomic mass is 9.90. The molecule has 0 bridgehead atoms. The molecule has 2 amide bonds. The Kier molecular flexibility index (Phi) is 5.05.